The molecule has 1 aliphatic heterocycles. The molecule has 6 aliphatic rings. The zero-order chi connectivity index (χ0) is 28.9. The van der Waals surface area contributed by atoms with Crippen LogP contribution in [0, 0.1) is 29.6 Å². The average Bonchev–Trinajstić information content (AvgIpc) is 3.66. The Balaban J connectivity index is 0.000000199. The van der Waals surface area contributed by atoms with Crippen molar-refractivity contribution in [3.8, 4) is 0 Å². The number of hydroxylamine groups is 1. The van der Waals surface area contributed by atoms with E-state index in [-0.39, 0.29) is 24.8 Å². The van der Waals surface area contributed by atoms with Gasteiger partial charge >= 0.3 is 5.97 Å². The molecule has 1 aromatic carbocycles. The molecule has 5 aliphatic carbocycles. The topological polar surface area (TPSA) is 96.3 Å². The van der Waals surface area contributed by atoms with E-state index in [1.807, 2.05) is 18.2 Å². The molecule has 6 unspecified atom stereocenters. The smallest absolute Gasteiger partial charge is 0.332 e. The number of hydrogen-bond donors (Lipinski definition) is 2. The van der Waals surface area contributed by atoms with Crippen molar-refractivity contribution in [2.45, 2.75) is 90.3 Å². The summed E-state index contributed by atoms with van der Waals surface area (Å²) < 4.78 is 15.9. The fourth-order valence-corrected chi connectivity index (χ4v) is 7.69. The normalized spacial score (nSPS) is 31.2. The first-order valence-corrected chi connectivity index (χ1v) is 14.7. The number of nitrogens with zero attached hydrogens (tertiary/aromatic N) is 1. The van der Waals surface area contributed by atoms with Crippen LogP contribution in [-0.2, 0) is 25.6 Å². The molecule has 7 rings (SSSR count). The summed E-state index contributed by atoms with van der Waals surface area (Å²) in [6.45, 7) is 2.12. The van der Waals surface area contributed by atoms with Gasteiger partial charge in [0.15, 0.2) is 5.78 Å². The van der Waals surface area contributed by atoms with E-state index < -0.39 is 0 Å². The summed E-state index contributed by atoms with van der Waals surface area (Å²) in [6.07, 6.45) is 18.0. The van der Waals surface area contributed by atoms with E-state index >= 15 is 0 Å². The second-order valence-corrected chi connectivity index (χ2v) is 11.8. The van der Waals surface area contributed by atoms with Crippen LogP contribution in [-0.4, -0.2) is 48.2 Å². The van der Waals surface area contributed by atoms with Gasteiger partial charge in [-0.2, -0.15) is 0 Å². The van der Waals surface area contributed by atoms with Gasteiger partial charge in [0.05, 0.1) is 25.4 Å². The molecule has 7 nitrogen and oxygen atoms in total. The number of fused-ring (bicyclic) bond motifs is 2. The number of ether oxygens (including phenoxy) is 1. The molecule has 0 radical (unpaired) electrons. The number of hydrogen-bond acceptors (Lipinski definition) is 7. The lowest BCUT2D eigenvalue weighted by atomic mass is 9.51. The Kier molecular flexibility index (Phi) is 11.7. The first kappa shape index (κ1) is 33.0. The van der Waals surface area contributed by atoms with Gasteiger partial charge in [-0.3, -0.25) is 19.7 Å². The van der Waals surface area contributed by atoms with Crippen molar-refractivity contribution in [3.05, 3.63) is 53.6 Å². The van der Waals surface area contributed by atoms with Crippen LogP contribution in [0.1, 0.15) is 77.7 Å². The summed E-state index contributed by atoms with van der Waals surface area (Å²) in [5, 5.41) is 13.5. The van der Waals surface area contributed by atoms with Gasteiger partial charge in [-0.1, -0.05) is 39.3 Å². The minimum absolute atomic E-state index is 0. The molecule has 0 aromatic heterocycles. The Morgan fingerprint density at radius 1 is 1.10 bits per heavy atom. The number of halogens is 1. The summed E-state index contributed by atoms with van der Waals surface area (Å²) in [5.74, 6) is 4.01. The van der Waals surface area contributed by atoms with Crippen LogP contribution >= 0.6 is 0 Å². The molecule has 228 valence electrons. The number of carbonyl (C=O) groups is 2. The van der Waals surface area contributed by atoms with Crippen molar-refractivity contribution < 1.29 is 34.1 Å². The van der Waals surface area contributed by atoms with Gasteiger partial charge in [-0.25, -0.2) is 9.86 Å². The van der Waals surface area contributed by atoms with Crippen LogP contribution in [0.5, 0.6) is 0 Å². The number of rotatable bonds is 5. The molecule has 8 heteroatoms. The fraction of sp³-hybridized carbons (Fsp3) is 0.636. The molecule has 0 amide bonds. The lowest BCUT2D eigenvalue weighted by molar-refractivity contribution is -0.274. The molecule has 0 bridgehead atoms. The van der Waals surface area contributed by atoms with Crippen LogP contribution in [0.4, 0.5) is 10.1 Å². The van der Waals surface area contributed by atoms with Crippen molar-refractivity contribution in [2.24, 2.45) is 29.6 Å². The Morgan fingerprint density at radius 2 is 1.80 bits per heavy atom. The standard InChI is InChI=1S/C17H20O2.C14H19NO2.CH3F.CH4.H2O2/c18-12-6-7-17-11(9-12)4-5-14-13-3-1-2-10(13)8-15(19-17)16(14)17;1-3-11-6-8-13(9-7-11)15(2)17-14(16)10-12-4-5-12;1-2;;1-2/h6-7,9-10,13-16H,1-5,8H2;6-9,12H,3-5,10H2,1-2H3;1H3;1H4;1-2H. The molecule has 1 spiro atoms. The Labute approximate surface area is 244 Å². The number of carbonyl (C=O) groups excluding carboxylic acids is 2. The predicted molar refractivity (Wildman–Crippen MR) is 158 cm³/mol. The molecule has 2 N–H and O–H groups in total. The predicted octanol–water partition coefficient (Wildman–Crippen LogP) is 7.22. The van der Waals surface area contributed by atoms with Crippen molar-refractivity contribution in [2.75, 3.05) is 19.3 Å². The molecular formula is C33H48FNO6. The summed E-state index contributed by atoms with van der Waals surface area (Å²) in [7, 11) is 2.27. The Hall–Kier alpha value is -2.55. The second-order valence-electron chi connectivity index (χ2n) is 11.8. The van der Waals surface area contributed by atoms with Crippen molar-refractivity contribution >= 4 is 17.4 Å². The largest absolute Gasteiger partial charge is 0.362 e. The molecule has 1 heterocycles. The molecule has 4 saturated carbocycles. The zero-order valence-corrected chi connectivity index (χ0v) is 23.9. The highest BCUT2D eigenvalue weighted by Gasteiger charge is 2.65. The second kappa shape index (κ2) is 14.6. The third-order valence-corrected chi connectivity index (χ3v) is 9.67. The summed E-state index contributed by atoms with van der Waals surface area (Å²) in [6, 6.07) is 8.06. The third kappa shape index (κ3) is 6.92. The van der Waals surface area contributed by atoms with Crippen LogP contribution in [0.2, 0.25) is 0 Å². The van der Waals surface area contributed by atoms with E-state index in [0.29, 0.717) is 31.5 Å². The fourth-order valence-electron chi connectivity index (χ4n) is 7.69. The van der Waals surface area contributed by atoms with E-state index in [1.165, 1.54) is 56.1 Å². The number of allylic oxidation sites excluding steroid dienone is 2. The minimum Gasteiger partial charge on any atom is -0.362 e. The van der Waals surface area contributed by atoms with E-state index in [9.17, 15) is 14.0 Å². The maximum Gasteiger partial charge on any atom is 0.332 e. The van der Waals surface area contributed by atoms with Crippen molar-refractivity contribution in [1.29, 1.82) is 0 Å². The van der Waals surface area contributed by atoms with Crippen molar-refractivity contribution in [1.82, 2.24) is 0 Å². The molecule has 6 atom stereocenters. The van der Waals surface area contributed by atoms with E-state index in [4.69, 9.17) is 20.1 Å². The minimum atomic E-state index is -0.158. The number of ketones is 1. The maximum atomic E-state index is 11.6. The first-order chi connectivity index (χ1) is 19.5. The highest BCUT2D eigenvalue weighted by atomic mass is 19.1. The van der Waals surface area contributed by atoms with Gasteiger partial charge in [-0.05, 0) is 110 Å². The molecular weight excluding hydrogens is 525 g/mol. The quantitative estimate of drug-likeness (QED) is 0.284. The van der Waals surface area contributed by atoms with Crippen LogP contribution in [0.15, 0.2) is 48.1 Å². The van der Waals surface area contributed by atoms with Gasteiger partial charge in [0.2, 0.25) is 0 Å². The van der Waals surface area contributed by atoms with Crippen LogP contribution in [0.25, 0.3) is 0 Å². The lowest BCUT2D eigenvalue weighted by Gasteiger charge is -2.65. The van der Waals surface area contributed by atoms with Crippen LogP contribution in [0.3, 0.4) is 0 Å². The summed E-state index contributed by atoms with van der Waals surface area (Å²) >= 11 is 0. The molecule has 41 heavy (non-hydrogen) atoms. The van der Waals surface area contributed by atoms with Crippen molar-refractivity contribution in [3.63, 3.8) is 0 Å². The Bertz CT molecular complexity index is 1080. The summed E-state index contributed by atoms with van der Waals surface area (Å²) in [5.41, 5.74) is 3.31. The molecule has 1 saturated heterocycles. The van der Waals surface area contributed by atoms with Gasteiger partial charge in [-0.15, -0.1) is 0 Å². The SMILES string of the molecule is C.CCc1ccc(N(C)OC(=O)CC2CC2)cc1.CF.O=C1C=CC23OC4CC5CCCC5C(CCC2=C1)C43.OO. The maximum absolute atomic E-state index is 11.6. The highest BCUT2D eigenvalue weighted by molar-refractivity contribution is 6.01. The zero-order valence-electron chi connectivity index (χ0n) is 23.9. The number of benzene rings is 1. The molecule has 1 aromatic rings. The lowest BCUT2D eigenvalue weighted by Crippen LogP contribution is -2.68. The summed E-state index contributed by atoms with van der Waals surface area (Å²) in [4.78, 5) is 28.4. The average molecular weight is 574 g/mol. The number of aryl methyl sites for hydroxylation is 1. The first-order valence-electron chi connectivity index (χ1n) is 14.7. The Morgan fingerprint density at radius 3 is 2.46 bits per heavy atom. The number of alkyl halides is 1. The van der Waals surface area contributed by atoms with E-state index in [0.717, 1.165) is 36.3 Å². The third-order valence-electron chi connectivity index (χ3n) is 9.67. The van der Waals surface area contributed by atoms with Crippen LogP contribution < -0.4 is 5.06 Å². The highest BCUT2D eigenvalue weighted by Crippen LogP contribution is 2.64. The van der Waals surface area contributed by atoms with Gasteiger partial charge < -0.3 is 9.57 Å². The molecule has 5 fully saturated rings. The van der Waals surface area contributed by atoms with E-state index in [1.54, 1.807) is 18.2 Å². The number of anilines is 1. The van der Waals surface area contributed by atoms with Gasteiger partial charge in [0.1, 0.15) is 5.60 Å². The van der Waals surface area contributed by atoms with Gasteiger partial charge in [0, 0.05) is 13.0 Å². The van der Waals surface area contributed by atoms with Gasteiger partial charge in [0.25, 0.3) is 0 Å². The van der Waals surface area contributed by atoms with E-state index in [2.05, 4.69) is 25.1 Å². The monoisotopic (exact) mass is 573 g/mol.